The summed E-state index contributed by atoms with van der Waals surface area (Å²) in [5, 5.41) is -0.453. The Morgan fingerprint density at radius 3 is 2.25 bits per heavy atom. The van der Waals surface area contributed by atoms with E-state index in [2.05, 4.69) is 4.74 Å². The summed E-state index contributed by atoms with van der Waals surface area (Å²) in [6.07, 6.45) is -1.04. The Labute approximate surface area is 145 Å². The minimum Gasteiger partial charge on any atom is -0.457 e. The molecule has 0 bridgehead atoms. The Bertz CT molecular complexity index is 582. The monoisotopic (exact) mass is 354 g/mol. The number of carbonyl (C=O) groups excluding carboxylic acids is 3. The van der Waals surface area contributed by atoms with Crippen LogP contribution in [0.4, 0.5) is 9.59 Å². The third-order valence-electron chi connectivity index (χ3n) is 2.52. The molecule has 24 heavy (non-hydrogen) atoms. The summed E-state index contributed by atoms with van der Waals surface area (Å²) >= 11 is 0.865. The standard InChI is InChI=1S/C17H22O6S/c1-11(2)9-21-16(19)23-15(18)13-6-5-7-14(8-13)24-17(20)22-10-12(3)4/h5-8,11-12H,9-10H2,1-4H3. The van der Waals surface area contributed by atoms with E-state index in [4.69, 9.17) is 9.47 Å². The first-order valence-electron chi connectivity index (χ1n) is 7.61. The number of carbonyl (C=O) groups is 3. The molecule has 132 valence electrons. The summed E-state index contributed by atoms with van der Waals surface area (Å²) in [5.74, 6) is -0.446. The van der Waals surface area contributed by atoms with Crippen LogP contribution in [-0.4, -0.2) is 30.6 Å². The number of hydrogen-bond acceptors (Lipinski definition) is 7. The molecule has 0 fully saturated rings. The van der Waals surface area contributed by atoms with E-state index in [0.29, 0.717) is 11.5 Å². The van der Waals surface area contributed by atoms with Gasteiger partial charge in [-0.1, -0.05) is 33.8 Å². The molecule has 6 nitrogen and oxygen atoms in total. The summed E-state index contributed by atoms with van der Waals surface area (Å²) in [5.41, 5.74) is 0.151. The second-order valence-electron chi connectivity index (χ2n) is 5.93. The molecule has 0 radical (unpaired) electrons. The van der Waals surface area contributed by atoms with Gasteiger partial charge in [0.25, 0.3) is 0 Å². The maximum absolute atomic E-state index is 11.9. The molecule has 0 spiro atoms. The van der Waals surface area contributed by atoms with Gasteiger partial charge in [-0.2, -0.15) is 0 Å². The average molecular weight is 354 g/mol. The van der Waals surface area contributed by atoms with Crippen LogP contribution in [-0.2, 0) is 14.2 Å². The van der Waals surface area contributed by atoms with Crippen molar-refractivity contribution in [1.82, 2.24) is 0 Å². The zero-order valence-electron chi connectivity index (χ0n) is 14.2. The van der Waals surface area contributed by atoms with Crippen LogP contribution in [0.25, 0.3) is 0 Å². The lowest BCUT2D eigenvalue weighted by Gasteiger charge is -2.08. The van der Waals surface area contributed by atoms with E-state index in [1.807, 2.05) is 27.7 Å². The van der Waals surface area contributed by atoms with Gasteiger partial charge in [0.05, 0.1) is 18.8 Å². The van der Waals surface area contributed by atoms with Crippen molar-refractivity contribution in [3.05, 3.63) is 29.8 Å². The highest BCUT2D eigenvalue weighted by Crippen LogP contribution is 2.22. The molecule has 0 aliphatic rings. The Morgan fingerprint density at radius 1 is 1.00 bits per heavy atom. The fraction of sp³-hybridized carbons (Fsp3) is 0.471. The van der Waals surface area contributed by atoms with Gasteiger partial charge in [0.15, 0.2) is 0 Å². The Balaban J connectivity index is 2.59. The minimum atomic E-state index is -1.04. The maximum Gasteiger partial charge on any atom is 0.516 e. The molecule has 0 aliphatic carbocycles. The Morgan fingerprint density at radius 2 is 1.62 bits per heavy atom. The van der Waals surface area contributed by atoms with Crippen LogP contribution in [0.3, 0.4) is 0 Å². The summed E-state index contributed by atoms with van der Waals surface area (Å²) < 4.78 is 14.4. The molecular formula is C17H22O6S. The van der Waals surface area contributed by atoms with Crippen LogP contribution < -0.4 is 0 Å². The number of thioether (sulfide) groups is 1. The van der Waals surface area contributed by atoms with Gasteiger partial charge in [-0.05, 0) is 41.8 Å². The second-order valence-corrected chi connectivity index (χ2v) is 6.94. The van der Waals surface area contributed by atoms with Crippen molar-refractivity contribution in [1.29, 1.82) is 0 Å². The van der Waals surface area contributed by atoms with Gasteiger partial charge < -0.3 is 14.2 Å². The van der Waals surface area contributed by atoms with E-state index in [1.165, 1.54) is 12.1 Å². The molecular weight excluding hydrogens is 332 g/mol. The van der Waals surface area contributed by atoms with Gasteiger partial charge in [-0.25, -0.2) is 14.4 Å². The summed E-state index contributed by atoms with van der Waals surface area (Å²) in [7, 11) is 0. The lowest BCUT2D eigenvalue weighted by atomic mass is 10.2. The van der Waals surface area contributed by atoms with E-state index in [9.17, 15) is 14.4 Å². The Hall–Kier alpha value is -2.02. The first kappa shape index (κ1) is 20.0. The minimum absolute atomic E-state index is 0.143. The van der Waals surface area contributed by atoms with Gasteiger partial charge in [-0.3, -0.25) is 0 Å². The second kappa shape index (κ2) is 9.97. The first-order valence-corrected chi connectivity index (χ1v) is 8.43. The molecule has 0 atom stereocenters. The number of esters is 1. The molecule has 0 N–H and O–H groups in total. The third kappa shape index (κ3) is 8.01. The van der Waals surface area contributed by atoms with E-state index >= 15 is 0 Å². The van der Waals surface area contributed by atoms with Crippen LogP contribution in [0, 0.1) is 11.8 Å². The highest BCUT2D eigenvalue weighted by Gasteiger charge is 2.16. The topological polar surface area (TPSA) is 78.9 Å². The Kier molecular flexibility index (Phi) is 8.32. The SMILES string of the molecule is CC(C)COC(=O)OC(=O)c1cccc(SC(=O)OCC(C)C)c1. The molecule has 1 aromatic carbocycles. The average Bonchev–Trinajstić information content (AvgIpc) is 2.51. The maximum atomic E-state index is 11.9. The summed E-state index contributed by atoms with van der Waals surface area (Å²) in [6, 6.07) is 6.20. The van der Waals surface area contributed by atoms with Crippen molar-refractivity contribution in [3.8, 4) is 0 Å². The molecule has 0 amide bonds. The predicted molar refractivity (Wildman–Crippen MR) is 90.1 cm³/mol. The molecule has 1 aromatic rings. The van der Waals surface area contributed by atoms with Crippen molar-refractivity contribution in [2.75, 3.05) is 13.2 Å². The molecule has 0 heterocycles. The van der Waals surface area contributed by atoms with Crippen molar-refractivity contribution < 1.29 is 28.6 Å². The van der Waals surface area contributed by atoms with Crippen molar-refractivity contribution >= 4 is 29.2 Å². The van der Waals surface area contributed by atoms with Gasteiger partial charge >= 0.3 is 17.4 Å². The molecule has 7 heteroatoms. The lowest BCUT2D eigenvalue weighted by molar-refractivity contribution is 0.0350. The zero-order chi connectivity index (χ0) is 18.1. The van der Waals surface area contributed by atoms with E-state index in [-0.39, 0.29) is 24.0 Å². The van der Waals surface area contributed by atoms with Gasteiger partial charge in [0.2, 0.25) is 0 Å². The third-order valence-corrected chi connectivity index (χ3v) is 3.29. The van der Waals surface area contributed by atoms with E-state index in [1.54, 1.807) is 12.1 Å². The highest BCUT2D eigenvalue weighted by atomic mass is 32.2. The zero-order valence-corrected chi connectivity index (χ0v) is 15.1. The van der Waals surface area contributed by atoms with Crippen LogP contribution in [0.1, 0.15) is 38.1 Å². The van der Waals surface area contributed by atoms with Gasteiger partial charge in [0, 0.05) is 4.90 Å². The van der Waals surface area contributed by atoms with Crippen LogP contribution >= 0.6 is 11.8 Å². The van der Waals surface area contributed by atoms with Crippen LogP contribution in [0.2, 0.25) is 0 Å². The van der Waals surface area contributed by atoms with E-state index in [0.717, 1.165) is 11.8 Å². The predicted octanol–water partition coefficient (Wildman–Crippen LogP) is 4.52. The molecule has 0 aliphatic heterocycles. The number of ether oxygens (including phenoxy) is 3. The van der Waals surface area contributed by atoms with E-state index < -0.39 is 17.4 Å². The molecule has 0 unspecified atom stereocenters. The number of rotatable bonds is 6. The van der Waals surface area contributed by atoms with Crippen molar-refractivity contribution in [2.24, 2.45) is 11.8 Å². The molecule has 0 saturated heterocycles. The normalized spacial score (nSPS) is 10.6. The molecule has 0 saturated carbocycles. The van der Waals surface area contributed by atoms with Gasteiger partial charge in [-0.15, -0.1) is 0 Å². The quantitative estimate of drug-likeness (QED) is 0.422. The summed E-state index contributed by atoms with van der Waals surface area (Å²) in [4.78, 5) is 35.5. The largest absolute Gasteiger partial charge is 0.516 e. The van der Waals surface area contributed by atoms with Crippen LogP contribution in [0.5, 0.6) is 0 Å². The fourth-order valence-corrected chi connectivity index (χ4v) is 2.10. The number of benzene rings is 1. The lowest BCUT2D eigenvalue weighted by Crippen LogP contribution is -2.16. The highest BCUT2D eigenvalue weighted by molar-refractivity contribution is 8.13. The molecule has 1 rings (SSSR count). The van der Waals surface area contributed by atoms with Crippen molar-refractivity contribution in [3.63, 3.8) is 0 Å². The number of hydrogen-bond donors (Lipinski definition) is 0. The molecule has 0 aromatic heterocycles. The van der Waals surface area contributed by atoms with Crippen LogP contribution in [0.15, 0.2) is 29.2 Å². The van der Waals surface area contributed by atoms with Gasteiger partial charge in [0.1, 0.15) is 0 Å². The fourth-order valence-electron chi connectivity index (χ4n) is 1.45. The smallest absolute Gasteiger partial charge is 0.457 e. The first-order chi connectivity index (χ1) is 11.3. The summed E-state index contributed by atoms with van der Waals surface area (Å²) in [6.45, 7) is 8.11. The van der Waals surface area contributed by atoms with Crippen molar-refractivity contribution in [2.45, 2.75) is 32.6 Å².